The van der Waals surface area contributed by atoms with Crippen LogP contribution in [-0.2, 0) is 6.54 Å². The van der Waals surface area contributed by atoms with Crippen molar-refractivity contribution in [2.45, 2.75) is 26.4 Å². The quantitative estimate of drug-likeness (QED) is 0.899. The Bertz CT molecular complexity index is 527. The van der Waals surface area contributed by atoms with Crippen molar-refractivity contribution < 1.29 is 0 Å². The maximum atomic E-state index is 4.55. The highest BCUT2D eigenvalue weighted by atomic mass is 79.9. The van der Waals surface area contributed by atoms with Crippen molar-refractivity contribution in [3.8, 4) is 0 Å². The maximum absolute atomic E-state index is 4.55. The lowest BCUT2D eigenvalue weighted by molar-refractivity contribution is 0.674. The molecule has 2 rings (SSSR count). The number of hydrogen-bond acceptors (Lipinski definition) is 5. The summed E-state index contributed by atoms with van der Waals surface area (Å²) >= 11 is 5.30. The SMILES string of the molecule is CNc1ncc(Br)c(N(Cc2cccs2)C(C)C)n1. The van der Waals surface area contributed by atoms with E-state index < -0.39 is 0 Å². The van der Waals surface area contributed by atoms with E-state index in [4.69, 9.17) is 0 Å². The second kappa shape index (κ2) is 6.34. The normalized spacial score (nSPS) is 10.8. The minimum atomic E-state index is 0.359. The van der Waals surface area contributed by atoms with Crippen LogP contribution in [0, 0.1) is 0 Å². The molecule has 0 aliphatic heterocycles. The van der Waals surface area contributed by atoms with Crippen LogP contribution in [0.25, 0.3) is 0 Å². The van der Waals surface area contributed by atoms with E-state index in [1.165, 1.54) is 4.88 Å². The van der Waals surface area contributed by atoms with Crippen molar-refractivity contribution in [2.75, 3.05) is 17.3 Å². The van der Waals surface area contributed by atoms with Gasteiger partial charge in [0, 0.05) is 24.2 Å². The summed E-state index contributed by atoms with van der Waals surface area (Å²) in [6.45, 7) is 5.19. The van der Waals surface area contributed by atoms with E-state index in [2.05, 4.69) is 67.5 Å². The molecule has 0 atom stereocenters. The summed E-state index contributed by atoms with van der Waals surface area (Å²) in [5.41, 5.74) is 0. The van der Waals surface area contributed by atoms with Crippen molar-refractivity contribution in [3.05, 3.63) is 33.1 Å². The molecule has 0 spiro atoms. The molecular weight excluding hydrogens is 324 g/mol. The Morgan fingerprint density at radius 2 is 2.26 bits per heavy atom. The molecule has 1 N–H and O–H groups in total. The summed E-state index contributed by atoms with van der Waals surface area (Å²) in [5.74, 6) is 1.55. The molecule has 0 aliphatic rings. The van der Waals surface area contributed by atoms with Crippen LogP contribution in [0.1, 0.15) is 18.7 Å². The minimum absolute atomic E-state index is 0.359. The van der Waals surface area contributed by atoms with Crippen molar-refractivity contribution in [1.82, 2.24) is 9.97 Å². The number of rotatable bonds is 5. The van der Waals surface area contributed by atoms with Crippen molar-refractivity contribution in [1.29, 1.82) is 0 Å². The Balaban J connectivity index is 2.33. The molecule has 0 unspecified atom stereocenters. The maximum Gasteiger partial charge on any atom is 0.224 e. The number of hydrogen-bond donors (Lipinski definition) is 1. The van der Waals surface area contributed by atoms with E-state index in [0.29, 0.717) is 12.0 Å². The van der Waals surface area contributed by atoms with Gasteiger partial charge >= 0.3 is 0 Å². The van der Waals surface area contributed by atoms with Gasteiger partial charge in [-0.15, -0.1) is 11.3 Å². The zero-order valence-electron chi connectivity index (χ0n) is 11.2. The number of nitrogens with one attached hydrogen (secondary N) is 1. The highest BCUT2D eigenvalue weighted by Gasteiger charge is 2.17. The molecule has 19 heavy (non-hydrogen) atoms. The van der Waals surface area contributed by atoms with Crippen molar-refractivity contribution >= 4 is 39.0 Å². The first-order chi connectivity index (χ1) is 9.11. The van der Waals surface area contributed by atoms with Gasteiger partial charge in [-0.25, -0.2) is 4.98 Å². The first-order valence-corrected chi connectivity index (χ1v) is 7.78. The highest BCUT2D eigenvalue weighted by molar-refractivity contribution is 9.10. The molecule has 0 bridgehead atoms. The average molecular weight is 341 g/mol. The first-order valence-electron chi connectivity index (χ1n) is 6.11. The third-order valence-electron chi connectivity index (χ3n) is 2.75. The molecule has 2 heterocycles. The van der Waals surface area contributed by atoms with Gasteiger partial charge in [-0.05, 0) is 41.2 Å². The van der Waals surface area contributed by atoms with Gasteiger partial charge in [0.2, 0.25) is 5.95 Å². The van der Waals surface area contributed by atoms with E-state index in [-0.39, 0.29) is 0 Å². The van der Waals surface area contributed by atoms with E-state index in [1.807, 2.05) is 7.05 Å². The molecule has 0 amide bonds. The van der Waals surface area contributed by atoms with Gasteiger partial charge in [-0.3, -0.25) is 0 Å². The predicted molar refractivity (Wildman–Crippen MR) is 84.9 cm³/mol. The van der Waals surface area contributed by atoms with E-state index in [1.54, 1.807) is 17.5 Å². The molecule has 0 fully saturated rings. The van der Waals surface area contributed by atoms with Gasteiger partial charge in [0.1, 0.15) is 5.82 Å². The molecule has 2 aromatic heterocycles. The van der Waals surface area contributed by atoms with E-state index in [9.17, 15) is 0 Å². The summed E-state index contributed by atoms with van der Waals surface area (Å²) in [7, 11) is 1.83. The second-order valence-corrected chi connectivity index (χ2v) is 6.30. The standard InChI is InChI=1S/C13H17BrN4S/c1-9(2)18(8-10-5-4-6-19-10)12-11(14)7-16-13(15-3)17-12/h4-7,9H,8H2,1-3H3,(H,15,16,17). The van der Waals surface area contributed by atoms with Crippen LogP contribution in [0.4, 0.5) is 11.8 Å². The number of aromatic nitrogens is 2. The fourth-order valence-electron chi connectivity index (χ4n) is 1.75. The van der Waals surface area contributed by atoms with Gasteiger partial charge in [-0.2, -0.15) is 4.98 Å². The third-order valence-corrected chi connectivity index (χ3v) is 4.17. The van der Waals surface area contributed by atoms with Crippen LogP contribution >= 0.6 is 27.3 Å². The highest BCUT2D eigenvalue weighted by Crippen LogP contribution is 2.28. The van der Waals surface area contributed by atoms with Gasteiger partial charge in [-0.1, -0.05) is 6.07 Å². The second-order valence-electron chi connectivity index (χ2n) is 4.42. The molecule has 102 valence electrons. The van der Waals surface area contributed by atoms with Crippen LogP contribution in [0.3, 0.4) is 0 Å². The lowest BCUT2D eigenvalue weighted by atomic mass is 10.3. The number of halogens is 1. The fraction of sp³-hybridized carbons (Fsp3) is 0.385. The Morgan fingerprint density at radius 1 is 1.47 bits per heavy atom. The largest absolute Gasteiger partial charge is 0.357 e. The lowest BCUT2D eigenvalue weighted by Gasteiger charge is -2.28. The predicted octanol–water partition coefficient (Wildman–Crippen LogP) is 3.76. The molecule has 2 aromatic rings. The van der Waals surface area contributed by atoms with Crippen molar-refractivity contribution in [3.63, 3.8) is 0 Å². The Morgan fingerprint density at radius 3 is 2.84 bits per heavy atom. The molecule has 0 saturated carbocycles. The summed E-state index contributed by atoms with van der Waals surface area (Å²) in [5, 5.41) is 5.08. The number of nitrogens with zero attached hydrogens (tertiary/aromatic N) is 3. The summed E-state index contributed by atoms with van der Waals surface area (Å²) < 4.78 is 0.914. The topological polar surface area (TPSA) is 41.1 Å². The molecule has 0 aromatic carbocycles. The molecule has 0 saturated heterocycles. The molecule has 0 radical (unpaired) electrons. The zero-order chi connectivity index (χ0) is 13.8. The monoisotopic (exact) mass is 340 g/mol. The zero-order valence-corrected chi connectivity index (χ0v) is 13.6. The van der Waals surface area contributed by atoms with Crippen LogP contribution in [-0.4, -0.2) is 23.1 Å². The van der Waals surface area contributed by atoms with Crippen LogP contribution in [0.5, 0.6) is 0 Å². The average Bonchev–Trinajstić information content (AvgIpc) is 2.89. The molecule has 6 heteroatoms. The van der Waals surface area contributed by atoms with E-state index in [0.717, 1.165) is 16.8 Å². The summed E-state index contributed by atoms with van der Waals surface area (Å²) in [6, 6.07) is 4.58. The van der Waals surface area contributed by atoms with Crippen LogP contribution in [0.15, 0.2) is 28.2 Å². The third kappa shape index (κ3) is 3.45. The molecule has 0 aliphatic carbocycles. The molecule has 4 nitrogen and oxygen atoms in total. The van der Waals surface area contributed by atoms with Gasteiger partial charge < -0.3 is 10.2 Å². The van der Waals surface area contributed by atoms with Crippen LogP contribution < -0.4 is 10.2 Å². The summed E-state index contributed by atoms with van der Waals surface area (Å²) in [6.07, 6.45) is 1.79. The Kier molecular flexibility index (Phi) is 4.76. The molecular formula is C13H17BrN4S. The minimum Gasteiger partial charge on any atom is -0.357 e. The van der Waals surface area contributed by atoms with Gasteiger partial charge in [0.25, 0.3) is 0 Å². The number of thiophene rings is 1. The number of anilines is 2. The van der Waals surface area contributed by atoms with E-state index >= 15 is 0 Å². The lowest BCUT2D eigenvalue weighted by Crippen LogP contribution is -2.31. The van der Waals surface area contributed by atoms with Gasteiger partial charge in [0.05, 0.1) is 11.0 Å². The first kappa shape index (κ1) is 14.3. The Hall–Kier alpha value is -1.14. The van der Waals surface area contributed by atoms with Crippen molar-refractivity contribution in [2.24, 2.45) is 0 Å². The summed E-state index contributed by atoms with van der Waals surface area (Å²) in [4.78, 5) is 12.3. The Labute approximate surface area is 126 Å². The fourth-order valence-corrected chi connectivity index (χ4v) is 2.87. The van der Waals surface area contributed by atoms with Crippen LogP contribution in [0.2, 0.25) is 0 Å². The van der Waals surface area contributed by atoms with Gasteiger partial charge in [0.15, 0.2) is 0 Å². The smallest absolute Gasteiger partial charge is 0.224 e.